The molecule has 0 spiro atoms. The van der Waals surface area contributed by atoms with Crippen LogP contribution in [-0.2, 0) is 20.7 Å². The monoisotopic (exact) mass is 333 g/mol. The van der Waals surface area contributed by atoms with E-state index in [2.05, 4.69) is 5.32 Å². The number of hydrogen-bond donors (Lipinski definition) is 1. The lowest BCUT2D eigenvalue weighted by molar-refractivity contribution is -0.144. The molecule has 1 N–H and O–H groups in total. The number of ether oxygens (including phenoxy) is 2. The Labute approximate surface area is 133 Å². The fourth-order valence-corrected chi connectivity index (χ4v) is 2.66. The molecule has 118 valence electrons. The van der Waals surface area contributed by atoms with E-state index in [0.29, 0.717) is 6.42 Å². The van der Waals surface area contributed by atoms with Gasteiger partial charge in [0.15, 0.2) is 6.07 Å². The smallest absolute Gasteiger partial charge is 0.408 e. The third-order valence-corrected chi connectivity index (χ3v) is 3.68. The van der Waals surface area contributed by atoms with E-state index >= 15 is 0 Å². The van der Waals surface area contributed by atoms with Gasteiger partial charge in [0.1, 0.15) is 11.6 Å². The average molecular weight is 334 g/mol. The molecule has 1 aromatic rings. The highest BCUT2D eigenvalue weighted by molar-refractivity contribution is 7.10. The first-order valence-corrected chi connectivity index (χ1v) is 7.89. The normalized spacial score (nSPS) is 12.6. The molecule has 1 aromatic heterocycles. The second-order valence-corrected chi connectivity index (χ2v) is 6.72. The summed E-state index contributed by atoms with van der Waals surface area (Å²) in [4.78, 5) is 24.7. The average Bonchev–Trinajstić information content (AvgIpc) is 2.72. The van der Waals surface area contributed by atoms with E-state index < -0.39 is 23.7 Å². The lowest BCUT2D eigenvalue weighted by atomic mass is 10.1. The number of thiophene rings is 1. The molecule has 0 fully saturated rings. The Morgan fingerprint density at radius 2 is 2.10 bits per heavy atom. The summed E-state index contributed by atoms with van der Waals surface area (Å²) in [7, 11) is 0. The maximum absolute atomic E-state index is 11.9. The molecular formula is C14H20ClNO4S. The lowest BCUT2D eigenvalue weighted by Crippen LogP contribution is -2.45. The second-order valence-electron chi connectivity index (χ2n) is 5.50. The maximum atomic E-state index is 11.9. The molecule has 21 heavy (non-hydrogen) atoms. The first kappa shape index (κ1) is 17.8. The van der Waals surface area contributed by atoms with E-state index in [1.54, 1.807) is 20.8 Å². The molecule has 0 aliphatic carbocycles. The molecule has 0 bridgehead atoms. The van der Waals surface area contributed by atoms with E-state index in [0.717, 1.165) is 10.4 Å². The fourth-order valence-electron chi connectivity index (χ4n) is 1.60. The number of carbonyl (C=O) groups excluding carboxylic acids is 2. The van der Waals surface area contributed by atoms with Crippen LogP contribution in [0.2, 0.25) is 0 Å². The zero-order valence-corrected chi connectivity index (χ0v) is 14.1. The molecule has 1 amide bonds. The molecule has 0 unspecified atom stereocenters. The molecule has 1 heterocycles. The number of nitrogens with one attached hydrogen (secondary N) is 1. The van der Waals surface area contributed by atoms with E-state index in [9.17, 15) is 9.59 Å². The van der Waals surface area contributed by atoms with Crippen LogP contribution in [0.15, 0.2) is 11.4 Å². The van der Waals surface area contributed by atoms with Crippen LogP contribution < -0.4 is 5.32 Å². The standard InChI is InChI=1S/C14H20ClNO4S/c1-9-5-6-21-11(9)7-10(12(17)19-8-15)16-13(18)20-14(2,3)4/h5-6,10H,7-8H2,1-4H3,(H,16,18)/t10-/m0/s1. The summed E-state index contributed by atoms with van der Waals surface area (Å²) in [5.41, 5.74) is 0.429. The van der Waals surface area contributed by atoms with Gasteiger partial charge in [-0.25, -0.2) is 9.59 Å². The van der Waals surface area contributed by atoms with E-state index in [4.69, 9.17) is 21.1 Å². The molecule has 0 aromatic carbocycles. The number of amides is 1. The van der Waals surface area contributed by atoms with Crippen molar-refractivity contribution in [1.82, 2.24) is 5.32 Å². The number of halogens is 1. The topological polar surface area (TPSA) is 64.6 Å². The van der Waals surface area contributed by atoms with Crippen LogP contribution in [0.3, 0.4) is 0 Å². The van der Waals surface area contributed by atoms with Gasteiger partial charge in [0.05, 0.1) is 0 Å². The highest BCUT2D eigenvalue weighted by Gasteiger charge is 2.26. The summed E-state index contributed by atoms with van der Waals surface area (Å²) < 4.78 is 9.94. The Morgan fingerprint density at radius 1 is 1.43 bits per heavy atom. The van der Waals surface area contributed by atoms with Gasteiger partial charge in [-0.1, -0.05) is 11.6 Å². The Kier molecular flexibility index (Phi) is 6.48. The van der Waals surface area contributed by atoms with Crippen molar-refractivity contribution in [2.45, 2.75) is 45.8 Å². The quantitative estimate of drug-likeness (QED) is 0.663. The zero-order chi connectivity index (χ0) is 16.0. The Morgan fingerprint density at radius 3 is 2.57 bits per heavy atom. The molecule has 5 nitrogen and oxygen atoms in total. The van der Waals surface area contributed by atoms with Gasteiger partial charge in [0.25, 0.3) is 0 Å². The van der Waals surface area contributed by atoms with Gasteiger partial charge < -0.3 is 14.8 Å². The highest BCUT2D eigenvalue weighted by Crippen LogP contribution is 2.18. The van der Waals surface area contributed by atoms with E-state index in [1.165, 1.54) is 11.3 Å². The molecule has 0 saturated carbocycles. The van der Waals surface area contributed by atoms with Crippen LogP contribution in [0, 0.1) is 6.92 Å². The van der Waals surface area contributed by atoms with Crippen molar-refractivity contribution in [3.63, 3.8) is 0 Å². The summed E-state index contributed by atoms with van der Waals surface area (Å²) in [6, 6.07) is 0.877. The minimum Gasteiger partial charge on any atom is -0.448 e. The predicted octanol–water partition coefficient (Wildman–Crippen LogP) is 3.23. The van der Waals surface area contributed by atoms with Gasteiger partial charge in [-0.05, 0) is 44.7 Å². The first-order chi connectivity index (χ1) is 9.73. The van der Waals surface area contributed by atoms with Crippen molar-refractivity contribution >= 4 is 35.0 Å². The Bertz CT molecular complexity index is 495. The third-order valence-electron chi connectivity index (χ3n) is 2.53. The Hall–Kier alpha value is -1.27. The van der Waals surface area contributed by atoms with Crippen molar-refractivity contribution in [2.75, 3.05) is 6.07 Å². The Balaban J connectivity index is 2.76. The van der Waals surface area contributed by atoms with Crippen LogP contribution in [0.4, 0.5) is 4.79 Å². The third kappa shape index (κ3) is 6.35. The van der Waals surface area contributed by atoms with Crippen molar-refractivity contribution in [3.05, 3.63) is 21.9 Å². The van der Waals surface area contributed by atoms with Crippen LogP contribution >= 0.6 is 22.9 Å². The molecule has 0 saturated heterocycles. The molecular weight excluding hydrogens is 314 g/mol. The summed E-state index contributed by atoms with van der Waals surface area (Å²) in [6.07, 6.45) is -0.313. The van der Waals surface area contributed by atoms with Crippen molar-refractivity contribution in [2.24, 2.45) is 0 Å². The van der Waals surface area contributed by atoms with Crippen LogP contribution in [0.25, 0.3) is 0 Å². The molecule has 1 rings (SSSR count). The number of hydrogen-bond acceptors (Lipinski definition) is 5. The van der Waals surface area contributed by atoms with Gasteiger partial charge in [-0.3, -0.25) is 0 Å². The second kappa shape index (κ2) is 7.66. The van der Waals surface area contributed by atoms with Crippen LogP contribution in [0.5, 0.6) is 0 Å². The molecule has 0 aliphatic heterocycles. The van der Waals surface area contributed by atoms with Crippen LogP contribution in [-0.4, -0.2) is 29.8 Å². The number of alkyl carbamates (subject to hydrolysis) is 1. The SMILES string of the molecule is Cc1ccsc1C[C@H](NC(=O)OC(C)(C)C)C(=O)OCCl. The number of alkyl halides is 1. The van der Waals surface area contributed by atoms with Crippen molar-refractivity contribution in [3.8, 4) is 0 Å². The highest BCUT2D eigenvalue weighted by atomic mass is 35.5. The summed E-state index contributed by atoms with van der Waals surface area (Å²) in [6.45, 7) is 7.20. The zero-order valence-electron chi connectivity index (χ0n) is 12.6. The summed E-state index contributed by atoms with van der Waals surface area (Å²) in [5, 5.41) is 4.47. The number of carbonyl (C=O) groups is 2. The van der Waals surface area contributed by atoms with E-state index in [1.807, 2.05) is 18.4 Å². The number of rotatable bonds is 5. The van der Waals surface area contributed by atoms with Gasteiger partial charge in [0.2, 0.25) is 0 Å². The molecule has 1 atom stereocenters. The number of esters is 1. The molecule has 0 radical (unpaired) electrons. The first-order valence-electron chi connectivity index (χ1n) is 6.48. The summed E-state index contributed by atoms with van der Waals surface area (Å²) >= 11 is 6.93. The maximum Gasteiger partial charge on any atom is 0.408 e. The minimum absolute atomic E-state index is 0.255. The van der Waals surface area contributed by atoms with Gasteiger partial charge in [-0.15, -0.1) is 11.3 Å². The van der Waals surface area contributed by atoms with Crippen LogP contribution in [0.1, 0.15) is 31.2 Å². The predicted molar refractivity (Wildman–Crippen MR) is 82.7 cm³/mol. The minimum atomic E-state index is -0.823. The fraction of sp³-hybridized carbons (Fsp3) is 0.571. The largest absolute Gasteiger partial charge is 0.448 e. The summed E-state index contributed by atoms with van der Waals surface area (Å²) in [5.74, 6) is -0.580. The number of aryl methyl sites for hydroxylation is 1. The van der Waals surface area contributed by atoms with Crippen molar-refractivity contribution in [1.29, 1.82) is 0 Å². The van der Waals surface area contributed by atoms with Gasteiger partial charge >= 0.3 is 12.1 Å². The van der Waals surface area contributed by atoms with Gasteiger partial charge in [-0.2, -0.15) is 0 Å². The molecule has 0 aliphatic rings. The van der Waals surface area contributed by atoms with E-state index in [-0.39, 0.29) is 6.07 Å². The van der Waals surface area contributed by atoms with Gasteiger partial charge in [0, 0.05) is 11.3 Å². The lowest BCUT2D eigenvalue weighted by Gasteiger charge is -2.22. The molecule has 7 heteroatoms. The van der Waals surface area contributed by atoms with Crippen molar-refractivity contribution < 1.29 is 19.1 Å².